The Bertz CT molecular complexity index is 693. The molecule has 0 saturated heterocycles. The highest BCUT2D eigenvalue weighted by Gasteiger charge is 2.20. The Morgan fingerprint density at radius 1 is 1.29 bits per heavy atom. The van der Waals surface area contributed by atoms with Gasteiger partial charge >= 0.3 is 0 Å². The van der Waals surface area contributed by atoms with Gasteiger partial charge in [0.2, 0.25) is 0 Å². The number of ether oxygens (including phenoxy) is 1. The van der Waals surface area contributed by atoms with E-state index in [1.807, 2.05) is 24.3 Å². The maximum absolute atomic E-state index is 13.3. The molecule has 1 N–H and O–H groups in total. The third kappa shape index (κ3) is 2.88. The lowest BCUT2D eigenvalue weighted by atomic mass is 10.00. The van der Waals surface area contributed by atoms with Crippen molar-refractivity contribution in [1.29, 1.82) is 5.26 Å². The topological polar surface area (TPSA) is 45.0 Å². The van der Waals surface area contributed by atoms with E-state index in [1.54, 1.807) is 0 Å². The molecule has 1 atom stereocenters. The molecular formula is C17H15FN2O. The van der Waals surface area contributed by atoms with E-state index in [9.17, 15) is 4.39 Å². The SMILES string of the molecule is N#Cc1ccc(F)cc1CNC1CCOc2ccccc21. The number of hydrogen-bond donors (Lipinski definition) is 1. The summed E-state index contributed by atoms with van der Waals surface area (Å²) in [4.78, 5) is 0. The molecule has 0 bridgehead atoms. The average Bonchev–Trinajstić information content (AvgIpc) is 2.53. The van der Waals surface area contributed by atoms with Gasteiger partial charge in [-0.1, -0.05) is 18.2 Å². The number of rotatable bonds is 3. The molecule has 21 heavy (non-hydrogen) atoms. The van der Waals surface area contributed by atoms with E-state index in [1.165, 1.54) is 18.2 Å². The summed E-state index contributed by atoms with van der Waals surface area (Å²) in [6.45, 7) is 1.11. The maximum Gasteiger partial charge on any atom is 0.124 e. The number of nitrogens with one attached hydrogen (secondary N) is 1. The van der Waals surface area contributed by atoms with Gasteiger partial charge in [-0.05, 0) is 29.8 Å². The van der Waals surface area contributed by atoms with E-state index in [4.69, 9.17) is 10.00 Å². The summed E-state index contributed by atoms with van der Waals surface area (Å²) in [5, 5.41) is 12.5. The number of benzene rings is 2. The lowest BCUT2D eigenvalue weighted by Crippen LogP contribution is -2.27. The Hall–Kier alpha value is -2.38. The molecule has 0 aliphatic carbocycles. The standard InChI is InChI=1S/C17H15FN2O/c18-14-6-5-12(10-19)13(9-14)11-20-16-7-8-21-17-4-2-1-3-15(16)17/h1-6,9,16,20H,7-8,11H2. The first kappa shape index (κ1) is 13.6. The van der Waals surface area contributed by atoms with Crippen LogP contribution in [-0.2, 0) is 6.54 Å². The van der Waals surface area contributed by atoms with Gasteiger partial charge in [0.15, 0.2) is 0 Å². The summed E-state index contributed by atoms with van der Waals surface area (Å²) in [5.41, 5.74) is 2.30. The molecule has 0 spiro atoms. The van der Waals surface area contributed by atoms with E-state index >= 15 is 0 Å². The molecule has 3 rings (SSSR count). The van der Waals surface area contributed by atoms with Crippen molar-refractivity contribution >= 4 is 0 Å². The molecule has 0 saturated carbocycles. The molecule has 106 valence electrons. The van der Waals surface area contributed by atoms with E-state index in [-0.39, 0.29) is 11.9 Å². The highest BCUT2D eigenvalue weighted by Crippen LogP contribution is 2.31. The van der Waals surface area contributed by atoms with Crippen molar-refractivity contribution in [3.8, 4) is 11.8 Å². The largest absolute Gasteiger partial charge is 0.493 e. The van der Waals surface area contributed by atoms with Crippen LogP contribution in [-0.4, -0.2) is 6.61 Å². The molecule has 4 heteroatoms. The van der Waals surface area contributed by atoms with Gasteiger partial charge < -0.3 is 10.1 Å². The minimum atomic E-state index is -0.321. The number of fused-ring (bicyclic) bond motifs is 1. The predicted octanol–water partition coefficient (Wildman–Crippen LogP) is 3.31. The third-order valence-electron chi connectivity index (χ3n) is 3.69. The van der Waals surface area contributed by atoms with Crippen LogP contribution in [0.2, 0.25) is 0 Å². The Labute approximate surface area is 123 Å². The predicted molar refractivity (Wildman–Crippen MR) is 77.2 cm³/mol. The summed E-state index contributed by atoms with van der Waals surface area (Å²) < 4.78 is 18.9. The van der Waals surface area contributed by atoms with Crippen molar-refractivity contribution in [3.63, 3.8) is 0 Å². The first-order chi connectivity index (χ1) is 10.3. The van der Waals surface area contributed by atoms with Crippen LogP contribution >= 0.6 is 0 Å². The third-order valence-corrected chi connectivity index (χ3v) is 3.69. The van der Waals surface area contributed by atoms with Crippen molar-refractivity contribution in [2.45, 2.75) is 19.0 Å². The van der Waals surface area contributed by atoms with Gasteiger partial charge in [-0.2, -0.15) is 5.26 Å². The molecule has 2 aromatic carbocycles. The summed E-state index contributed by atoms with van der Waals surface area (Å²) in [5.74, 6) is 0.569. The number of halogens is 1. The molecule has 1 unspecified atom stereocenters. The summed E-state index contributed by atoms with van der Waals surface area (Å²) >= 11 is 0. The molecule has 0 aromatic heterocycles. The zero-order chi connectivity index (χ0) is 14.7. The smallest absolute Gasteiger partial charge is 0.124 e. The first-order valence-electron chi connectivity index (χ1n) is 6.91. The molecule has 2 aromatic rings. The number of hydrogen-bond acceptors (Lipinski definition) is 3. The van der Waals surface area contributed by atoms with Gasteiger partial charge in [-0.25, -0.2) is 4.39 Å². The Morgan fingerprint density at radius 2 is 2.14 bits per heavy atom. The van der Waals surface area contributed by atoms with Crippen LogP contribution in [0.5, 0.6) is 5.75 Å². The van der Waals surface area contributed by atoms with E-state index in [0.29, 0.717) is 24.3 Å². The normalized spacial score (nSPS) is 16.7. The average molecular weight is 282 g/mol. The highest BCUT2D eigenvalue weighted by atomic mass is 19.1. The van der Waals surface area contributed by atoms with Crippen LogP contribution < -0.4 is 10.1 Å². The molecule has 3 nitrogen and oxygen atoms in total. The lowest BCUT2D eigenvalue weighted by molar-refractivity contribution is 0.252. The van der Waals surface area contributed by atoms with Crippen LogP contribution in [0.15, 0.2) is 42.5 Å². The molecular weight excluding hydrogens is 267 g/mol. The minimum absolute atomic E-state index is 0.157. The van der Waals surface area contributed by atoms with Crippen molar-refractivity contribution in [2.75, 3.05) is 6.61 Å². The van der Waals surface area contributed by atoms with Gasteiger partial charge in [0.1, 0.15) is 11.6 Å². The fourth-order valence-corrected chi connectivity index (χ4v) is 2.60. The summed E-state index contributed by atoms with van der Waals surface area (Å²) in [7, 11) is 0. The highest BCUT2D eigenvalue weighted by molar-refractivity contribution is 5.39. The van der Waals surface area contributed by atoms with Gasteiger partial charge in [-0.3, -0.25) is 0 Å². The second kappa shape index (κ2) is 5.94. The van der Waals surface area contributed by atoms with E-state index < -0.39 is 0 Å². The quantitative estimate of drug-likeness (QED) is 0.939. The first-order valence-corrected chi connectivity index (χ1v) is 6.91. The minimum Gasteiger partial charge on any atom is -0.493 e. The summed E-state index contributed by atoms with van der Waals surface area (Å²) in [6, 6.07) is 14.4. The monoisotopic (exact) mass is 282 g/mol. The van der Waals surface area contributed by atoms with Gasteiger partial charge in [0, 0.05) is 24.6 Å². The van der Waals surface area contributed by atoms with Crippen LogP contribution in [0.25, 0.3) is 0 Å². The number of para-hydroxylation sites is 1. The molecule has 1 aliphatic heterocycles. The Morgan fingerprint density at radius 3 is 3.00 bits per heavy atom. The molecule has 0 fully saturated rings. The van der Waals surface area contributed by atoms with Gasteiger partial charge in [0.05, 0.1) is 18.2 Å². The van der Waals surface area contributed by atoms with Crippen molar-refractivity contribution in [3.05, 3.63) is 65.0 Å². The van der Waals surface area contributed by atoms with Crippen molar-refractivity contribution in [2.24, 2.45) is 0 Å². The molecule has 0 amide bonds. The van der Waals surface area contributed by atoms with Gasteiger partial charge in [-0.15, -0.1) is 0 Å². The lowest BCUT2D eigenvalue weighted by Gasteiger charge is -2.27. The Kier molecular flexibility index (Phi) is 3.85. The van der Waals surface area contributed by atoms with Crippen LogP contribution in [0.3, 0.4) is 0 Å². The van der Waals surface area contributed by atoms with Gasteiger partial charge in [0.25, 0.3) is 0 Å². The fourth-order valence-electron chi connectivity index (χ4n) is 2.60. The summed E-state index contributed by atoms with van der Waals surface area (Å²) in [6.07, 6.45) is 0.855. The zero-order valence-electron chi connectivity index (χ0n) is 11.5. The van der Waals surface area contributed by atoms with Crippen LogP contribution in [0.4, 0.5) is 4.39 Å². The Balaban J connectivity index is 1.78. The fraction of sp³-hybridized carbons (Fsp3) is 0.235. The zero-order valence-corrected chi connectivity index (χ0v) is 11.5. The van der Waals surface area contributed by atoms with E-state index in [0.717, 1.165) is 17.7 Å². The second-order valence-electron chi connectivity index (χ2n) is 5.02. The molecule has 1 heterocycles. The second-order valence-corrected chi connectivity index (χ2v) is 5.02. The maximum atomic E-state index is 13.3. The van der Waals surface area contributed by atoms with Crippen molar-refractivity contribution < 1.29 is 9.13 Å². The number of nitrogens with zero attached hydrogens (tertiary/aromatic N) is 1. The van der Waals surface area contributed by atoms with E-state index in [2.05, 4.69) is 11.4 Å². The number of nitriles is 1. The van der Waals surface area contributed by atoms with Crippen LogP contribution in [0.1, 0.15) is 29.2 Å². The van der Waals surface area contributed by atoms with Crippen LogP contribution in [0, 0.1) is 17.1 Å². The molecule has 0 radical (unpaired) electrons. The molecule has 1 aliphatic rings. The van der Waals surface area contributed by atoms with Crippen molar-refractivity contribution in [1.82, 2.24) is 5.32 Å².